The minimum absolute atomic E-state index is 0.109. The highest BCUT2D eigenvalue weighted by atomic mass is 35.5. The van der Waals surface area contributed by atoms with Gasteiger partial charge in [-0.2, -0.15) is 10.2 Å². The van der Waals surface area contributed by atoms with E-state index in [1.54, 1.807) is 10.9 Å². The number of carbonyl (C=O) groups excluding carboxylic acids is 1. The maximum atomic E-state index is 12.4. The predicted octanol–water partition coefficient (Wildman–Crippen LogP) is 6.01. The summed E-state index contributed by atoms with van der Waals surface area (Å²) in [4.78, 5) is 12.4. The Morgan fingerprint density at radius 3 is 2.51 bits per heavy atom. The molecule has 1 N–H and O–H groups in total. The van der Waals surface area contributed by atoms with Crippen molar-refractivity contribution < 1.29 is 4.79 Å². The van der Waals surface area contributed by atoms with Gasteiger partial charge in [0.2, 0.25) is 5.91 Å². The molecule has 2 heterocycles. The monoisotopic (exact) mass is 519 g/mol. The number of benzene rings is 3. The largest absolute Gasteiger partial charge is 0.303 e. The highest BCUT2D eigenvalue weighted by Gasteiger charge is 2.30. The lowest BCUT2D eigenvalue weighted by atomic mass is 10.1. The summed E-state index contributed by atoms with van der Waals surface area (Å²) in [5, 5.41) is 17.5. The van der Waals surface area contributed by atoms with Crippen molar-refractivity contribution in [3.8, 4) is 16.9 Å². The van der Waals surface area contributed by atoms with E-state index in [1.165, 1.54) is 11.8 Å². The number of rotatable bonds is 6. The van der Waals surface area contributed by atoms with Gasteiger partial charge in [0.1, 0.15) is 5.69 Å². The number of thioether (sulfide) groups is 1. The number of hydrogen-bond acceptors (Lipinski definition) is 5. The van der Waals surface area contributed by atoms with Crippen LogP contribution in [0.2, 0.25) is 10.0 Å². The molecule has 1 fully saturated rings. The average molecular weight is 520 g/mol. The van der Waals surface area contributed by atoms with E-state index in [-0.39, 0.29) is 11.2 Å². The lowest BCUT2D eigenvalue weighted by Crippen LogP contribution is -2.26. The van der Waals surface area contributed by atoms with E-state index < -0.39 is 0 Å². The number of amides is 1. The SMILES string of the molecule is O=C1N/C(=N\N=C\c2cn(-c3ccccc3)nc2-c2ccc(Cl)cc2)SC1Cc1ccccc1Cl. The van der Waals surface area contributed by atoms with Gasteiger partial charge in [0.25, 0.3) is 0 Å². The van der Waals surface area contributed by atoms with Crippen LogP contribution in [0.25, 0.3) is 16.9 Å². The molecule has 35 heavy (non-hydrogen) atoms. The Morgan fingerprint density at radius 2 is 1.74 bits per heavy atom. The Balaban J connectivity index is 1.38. The Labute approximate surface area is 216 Å². The Hall–Kier alpha value is -3.39. The summed E-state index contributed by atoms with van der Waals surface area (Å²) >= 11 is 13.7. The molecule has 1 saturated heterocycles. The van der Waals surface area contributed by atoms with E-state index in [2.05, 4.69) is 15.5 Å². The first kappa shape index (κ1) is 23.4. The molecule has 1 aromatic heterocycles. The smallest absolute Gasteiger partial charge is 0.239 e. The summed E-state index contributed by atoms with van der Waals surface area (Å²) in [6.07, 6.45) is 4.05. The van der Waals surface area contributed by atoms with Crippen molar-refractivity contribution in [1.29, 1.82) is 0 Å². The first-order chi connectivity index (χ1) is 17.1. The number of hydrogen-bond donors (Lipinski definition) is 1. The first-order valence-electron chi connectivity index (χ1n) is 10.8. The molecule has 1 unspecified atom stereocenters. The predicted molar refractivity (Wildman–Crippen MR) is 144 cm³/mol. The Kier molecular flexibility index (Phi) is 6.99. The number of carbonyl (C=O) groups is 1. The second kappa shape index (κ2) is 10.5. The fourth-order valence-electron chi connectivity index (χ4n) is 3.62. The molecule has 1 atom stereocenters. The lowest BCUT2D eigenvalue weighted by molar-refractivity contribution is -0.118. The summed E-state index contributed by atoms with van der Waals surface area (Å²) in [7, 11) is 0. The first-order valence-corrected chi connectivity index (χ1v) is 12.4. The van der Waals surface area contributed by atoms with Crippen LogP contribution in [0, 0.1) is 0 Å². The summed E-state index contributed by atoms with van der Waals surface area (Å²) < 4.78 is 1.80. The zero-order valence-corrected chi connectivity index (χ0v) is 20.6. The van der Waals surface area contributed by atoms with Gasteiger partial charge in [0.15, 0.2) is 5.17 Å². The number of amidine groups is 1. The quantitative estimate of drug-likeness (QED) is 0.250. The van der Waals surface area contributed by atoms with Crippen LogP contribution in [0.4, 0.5) is 0 Å². The van der Waals surface area contributed by atoms with Gasteiger partial charge in [0, 0.05) is 27.4 Å². The van der Waals surface area contributed by atoms with Crippen molar-refractivity contribution in [2.24, 2.45) is 10.2 Å². The van der Waals surface area contributed by atoms with Crippen molar-refractivity contribution in [3.05, 3.63) is 106 Å². The highest BCUT2D eigenvalue weighted by molar-refractivity contribution is 8.15. The van der Waals surface area contributed by atoms with Gasteiger partial charge in [-0.1, -0.05) is 83.5 Å². The minimum Gasteiger partial charge on any atom is -0.303 e. The van der Waals surface area contributed by atoms with Gasteiger partial charge in [-0.3, -0.25) is 4.79 Å². The van der Waals surface area contributed by atoms with Crippen molar-refractivity contribution in [1.82, 2.24) is 15.1 Å². The Bertz CT molecular complexity index is 1420. The molecule has 6 nitrogen and oxygen atoms in total. The second-order valence-electron chi connectivity index (χ2n) is 7.76. The molecule has 1 aliphatic rings. The molecular weight excluding hydrogens is 501 g/mol. The minimum atomic E-state index is -0.311. The van der Waals surface area contributed by atoms with Crippen LogP contribution in [0.5, 0.6) is 0 Å². The fraction of sp³-hybridized carbons (Fsp3) is 0.0769. The normalized spacial score (nSPS) is 16.8. The van der Waals surface area contributed by atoms with Gasteiger partial charge >= 0.3 is 0 Å². The van der Waals surface area contributed by atoms with E-state index in [1.807, 2.05) is 85.1 Å². The maximum Gasteiger partial charge on any atom is 0.239 e. The second-order valence-corrected chi connectivity index (χ2v) is 9.80. The zero-order chi connectivity index (χ0) is 24.2. The molecule has 1 aliphatic heterocycles. The number of para-hydroxylation sites is 1. The van der Waals surface area contributed by atoms with Gasteiger partial charge < -0.3 is 5.32 Å². The molecule has 9 heteroatoms. The van der Waals surface area contributed by atoms with Gasteiger partial charge in [0.05, 0.1) is 17.2 Å². The molecular formula is C26H19Cl2N5OS. The van der Waals surface area contributed by atoms with Crippen LogP contribution in [-0.2, 0) is 11.2 Å². The molecule has 174 valence electrons. The third-order valence-corrected chi connectivity index (χ3v) is 7.06. The number of nitrogens with zero attached hydrogens (tertiary/aromatic N) is 4. The van der Waals surface area contributed by atoms with E-state index in [0.717, 1.165) is 28.1 Å². The van der Waals surface area contributed by atoms with Crippen LogP contribution in [0.3, 0.4) is 0 Å². The summed E-state index contributed by atoms with van der Waals surface area (Å²) in [6.45, 7) is 0. The van der Waals surface area contributed by atoms with Crippen LogP contribution < -0.4 is 5.32 Å². The van der Waals surface area contributed by atoms with Crippen LogP contribution >= 0.6 is 35.0 Å². The van der Waals surface area contributed by atoms with E-state index in [4.69, 9.17) is 28.3 Å². The number of aromatic nitrogens is 2. The standard InChI is InChI=1S/C26H19Cl2N5OS/c27-20-12-10-17(11-13-20)24-19(16-33(32-24)21-7-2-1-3-8-21)15-29-31-26-30-25(34)23(35-26)14-18-6-4-5-9-22(18)28/h1-13,15-16,23H,14H2,(H,30,31,34)/b29-15+. The summed E-state index contributed by atoms with van der Waals surface area (Å²) in [6, 6.07) is 24.8. The molecule has 0 spiro atoms. The lowest BCUT2D eigenvalue weighted by Gasteiger charge is -2.06. The van der Waals surface area contributed by atoms with E-state index in [0.29, 0.717) is 21.6 Å². The van der Waals surface area contributed by atoms with Crippen molar-refractivity contribution in [3.63, 3.8) is 0 Å². The molecule has 0 aliphatic carbocycles. The fourth-order valence-corrected chi connectivity index (χ4v) is 4.91. The van der Waals surface area contributed by atoms with Crippen molar-refractivity contribution in [2.75, 3.05) is 0 Å². The van der Waals surface area contributed by atoms with Crippen LogP contribution in [0.1, 0.15) is 11.1 Å². The van der Waals surface area contributed by atoms with Crippen LogP contribution in [0.15, 0.2) is 95.3 Å². The van der Waals surface area contributed by atoms with Gasteiger partial charge in [-0.25, -0.2) is 4.68 Å². The highest BCUT2D eigenvalue weighted by Crippen LogP contribution is 2.27. The molecule has 3 aromatic carbocycles. The summed E-state index contributed by atoms with van der Waals surface area (Å²) in [5.41, 5.74) is 4.28. The average Bonchev–Trinajstić information content (AvgIpc) is 3.45. The van der Waals surface area contributed by atoms with Crippen molar-refractivity contribution in [2.45, 2.75) is 11.7 Å². The molecule has 0 saturated carbocycles. The van der Waals surface area contributed by atoms with E-state index >= 15 is 0 Å². The van der Waals surface area contributed by atoms with Crippen LogP contribution in [-0.4, -0.2) is 32.3 Å². The molecule has 1 amide bonds. The van der Waals surface area contributed by atoms with Crippen molar-refractivity contribution >= 4 is 52.3 Å². The molecule has 0 radical (unpaired) electrons. The number of nitrogens with one attached hydrogen (secondary N) is 1. The van der Waals surface area contributed by atoms with E-state index in [9.17, 15) is 4.79 Å². The molecule has 5 rings (SSSR count). The third kappa shape index (κ3) is 5.48. The third-order valence-electron chi connectivity index (χ3n) is 5.37. The molecule has 0 bridgehead atoms. The van der Waals surface area contributed by atoms with Gasteiger partial charge in [-0.15, -0.1) is 5.10 Å². The molecule has 4 aromatic rings. The maximum absolute atomic E-state index is 12.4. The topological polar surface area (TPSA) is 71.6 Å². The zero-order valence-electron chi connectivity index (χ0n) is 18.3. The summed E-state index contributed by atoms with van der Waals surface area (Å²) in [5.74, 6) is -0.109. The van der Waals surface area contributed by atoms with Gasteiger partial charge in [-0.05, 0) is 42.3 Å². The number of halogens is 2. The Morgan fingerprint density at radius 1 is 1.00 bits per heavy atom.